The number of benzene rings is 1. The Morgan fingerprint density at radius 2 is 1.86 bits per heavy atom. The van der Waals surface area contributed by atoms with Crippen LogP contribution in [0.1, 0.15) is 27.1 Å². The molecule has 1 aromatic rings. The van der Waals surface area contributed by atoms with Gasteiger partial charge in [0.2, 0.25) is 0 Å². The van der Waals surface area contributed by atoms with Crippen molar-refractivity contribution < 1.29 is 23.6 Å². The Labute approximate surface area is 119 Å². The smallest absolute Gasteiger partial charge is 0.265 e. The number of halogens is 1. The van der Waals surface area contributed by atoms with Gasteiger partial charge in [-0.25, -0.2) is 4.39 Å². The van der Waals surface area contributed by atoms with Crippen LogP contribution in [-0.4, -0.2) is 52.9 Å². The van der Waals surface area contributed by atoms with Crippen molar-refractivity contribution in [3.8, 4) is 0 Å². The summed E-state index contributed by atoms with van der Waals surface area (Å²) >= 11 is 0. The molecule has 2 aliphatic rings. The lowest BCUT2D eigenvalue weighted by atomic mass is 10.0. The van der Waals surface area contributed by atoms with Crippen LogP contribution < -0.4 is 0 Å². The van der Waals surface area contributed by atoms with Gasteiger partial charge in [-0.3, -0.25) is 24.1 Å². The van der Waals surface area contributed by atoms with Crippen molar-refractivity contribution in [1.82, 2.24) is 9.80 Å². The maximum atomic E-state index is 13.7. The van der Waals surface area contributed by atoms with E-state index in [1.807, 2.05) is 0 Å². The van der Waals surface area contributed by atoms with Gasteiger partial charge in [-0.1, -0.05) is 6.07 Å². The standard InChI is InChI=1S/C14H11FN2O4/c1-16-6-5-9(18)11(14(16)21)17-12(19)7-3-2-4-8(15)10(7)13(17)20/h2-4,11H,5-6H2,1H3. The van der Waals surface area contributed by atoms with Gasteiger partial charge >= 0.3 is 0 Å². The Bertz CT molecular complexity index is 700. The number of piperidine rings is 1. The van der Waals surface area contributed by atoms with Crippen molar-refractivity contribution in [3.63, 3.8) is 0 Å². The van der Waals surface area contributed by atoms with Crippen LogP contribution >= 0.6 is 0 Å². The van der Waals surface area contributed by atoms with Crippen LogP contribution in [0.2, 0.25) is 0 Å². The molecule has 0 bridgehead atoms. The zero-order chi connectivity index (χ0) is 15.3. The summed E-state index contributed by atoms with van der Waals surface area (Å²) in [5.41, 5.74) is -0.495. The number of amides is 3. The van der Waals surface area contributed by atoms with E-state index in [2.05, 4.69) is 0 Å². The van der Waals surface area contributed by atoms with Crippen LogP contribution in [0.3, 0.4) is 0 Å². The maximum absolute atomic E-state index is 13.7. The molecule has 3 rings (SSSR count). The summed E-state index contributed by atoms with van der Waals surface area (Å²) in [6.07, 6.45) is 0.0583. The summed E-state index contributed by atoms with van der Waals surface area (Å²) in [7, 11) is 1.49. The molecule has 2 heterocycles. The highest BCUT2D eigenvalue weighted by molar-refractivity contribution is 6.26. The van der Waals surface area contributed by atoms with E-state index in [-0.39, 0.29) is 24.1 Å². The van der Waals surface area contributed by atoms with E-state index >= 15 is 0 Å². The summed E-state index contributed by atoms with van der Waals surface area (Å²) in [6.45, 7) is 0.242. The number of imide groups is 1. The number of likely N-dealkylation sites (tertiary alicyclic amines) is 1. The number of likely N-dealkylation sites (N-methyl/N-ethyl adjacent to an activating group) is 1. The van der Waals surface area contributed by atoms with Crippen molar-refractivity contribution >= 4 is 23.5 Å². The second-order valence-electron chi connectivity index (χ2n) is 5.02. The lowest BCUT2D eigenvalue weighted by molar-refractivity contribution is -0.144. The van der Waals surface area contributed by atoms with Gasteiger partial charge < -0.3 is 4.90 Å². The fourth-order valence-electron chi connectivity index (χ4n) is 2.62. The largest absolute Gasteiger partial charge is 0.343 e. The highest BCUT2D eigenvalue weighted by atomic mass is 19.1. The number of carbonyl (C=O) groups excluding carboxylic acids is 4. The SMILES string of the molecule is CN1CCC(=O)C(N2C(=O)c3cccc(F)c3C2=O)C1=O. The van der Waals surface area contributed by atoms with E-state index in [4.69, 9.17) is 0 Å². The van der Waals surface area contributed by atoms with E-state index in [0.717, 1.165) is 6.07 Å². The highest BCUT2D eigenvalue weighted by Gasteiger charge is 2.49. The highest BCUT2D eigenvalue weighted by Crippen LogP contribution is 2.28. The van der Waals surface area contributed by atoms with Gasteiger partial charge in [-0.15, -0.1) is 0 Å². The van der Waals surface area contributed by atoms with Gasteiger partial charge in [0.05, 0.1) is 11.1 Å². The topological polar surface area (TPSA) is 74.8 Å². The molecule has 0 spiro atoms. The average Bonchev–Trinajstić information content (AvgIpc) is 2.70. The number of hydrogen-bond acceptors (Lipinski definition) is 4. The molecule has 0 aliphatic carbocycles. The maximum Gasteiger partial charge on any atom is 0.265 e. The molecule has 0 N–H and O–H groups in total. The Morgan fingerprint density at radius 3 is 2.52 bits per heavy atom. The van der Waals surface area contributed by atoms with Crippen LogP contribution in [0.15, 0.2) is 18.2 Å². The molecule has 0 aromatic heterocycles. The number of ketones is 1. The normalized spacial score (nSPS) is 22.1. The quantitative estimate of drug-likeness (QED) is 0.548. The lowest BCUT2D eigenvalue weighted by Gasteiger charge is -2.32. The van der Waals surface area contributed by atoms with Crippen molar-refractivity contribution in [2.45, 2.75) is 12.5 Å². The zero-order valence-corrected chi connectivity index (χ0v) is 11.1. The van der Waals surface area contributed by atoms with Gasteiger partial charge in [-0.05, 0) is 12.1 Å². The number of rotatable bonds is 1. The number of carbonyl (C=O) groups is 4. The third-order valence-corrected chi connectivity index (χ3v) is 3.76. The fourth-order valence-corrected chi connectivity index (χ4v) is 2.62. The average molecular weight is 290 g/mol. The molecule has 2 aliphatic heterocycles. The minimum absolute atomic E-state index is 0.0583. The molecular formula is C14H11FN2O4. The molecule has 1 fully saturated rings. The molecule has 3 amide bonds. The first-order chi connectivity index (χ1) is 9.93. The van der Waals surface area contributed by atoms with Gasteiger partial charge in [0.25, 0.3) is 17.7 Å². The Morgan fingerprint density at radius 1 is 1.14 bits per heavy atom. The Kier molecular flexibility index (Phi) is 2.86. The van der Waals surface area contributed by atoms with Crippen molar-refractivity contribution in [2.24, 2.45) is 0 Å². The monoisotopic (exact) mass is 290 g/mol. The van der Waals surface area contributed by atoms with Crippen LogP contribution in [0.25, 0.3) is 0 Å². The van der Waals surface area contributed by atoms with E-state index in [1.54, 1.807) is 0 Å². The number of nitrogens with zero attached hydrogens (tertiary/aromatic N) is 2. The first kappa shape index (κ1) is 13.4. The summed E-state index contributed by atoms with van der Waals surface area (Å²) in [4.78, 5) is 50.5. The van der Waals surface area contributed by atoms with E-state index in [0.29, 0.717) is 4.90 Å². The zero-order valence-electron chi connectivity index (χ0n) is 11.1. The third kappa shape index (κ3) is 1.77. The first-order valence-corrected chi connectivity index (χ1v) is 6.37. The molecule has 7 heteroatoms. The van der Waals surface area contributed by atoms with Gasteiger partial charge in [0, 0.05) is 20.0 Å². The second-order valence-corrected chi connectivity index (χ2v) is 5.02. The molecule has 1 unspecified atom stereocenters. The molecule has 0 radical (unpaired) electrons. The molecule has 1 saturated heterocycles. The van der Waals surface area contributed by atoms with E-state index in [9.17, 15) is 23.6 Å². The van der Waals surface area contributed by atoms with Crippen LogP contribution in [0, 0.1) is 5.82 Å². The molecule has 21 heavy (non-hydrogen) atoms. The number of Topliss-reactive ketones (excluding diaryl/α,β-unsaturated/α-hetero) is 1. The van der Waals surface area contributed by atoms with E-state index in [1.165, 1.54) is 24.1 Å². The van der Waals surface area contributed by atoms with Gasteiger partial charge in [0.15, 0.2) is 11.8 Å². The minimum Gasteiger partial charge on any atom is -0.343 e. The molecule has 108 valence electrons. The van der Waals surface area contributed by atoms with Crippen LogP contribution in [0.4, 0.5) is 4.39 Å². The molecule has 1 aromatic carbocycles. The van der Waals surface area contributed by atoms with Crippen LogP contribution in [-0.2, 0) is 9.59 Å². The predicted octanol–water partition coefficient (Wildman–Crippen LogP) is 0.221. The lowest BCUT2D eigenvalue weighted by Crippen LogP contribution is -2.57. The van der Waals surface area contributed by atoms with Crippen molar-refractivity contribution in [1.29, 1.82) is 0 Å². The molecule has 0 saturated carbocycles. The Hall–Kier alpha value is -2.57. The van der Waals surface area contributed by atoms with Crippen molar-refractivity contribution in [2.75, 3.05) is 13.6 Å². The number of hydrogen-bond donors (Lipinski definition) is 0. The minimum atomic E-state index is -1.49. The molecule has 1 atom stereocenters. The third-order valence-electron chi connectivity index (χ3n) is 3.76. The molecular weight excluding hydrogens is 279 g/mol. The fraction of sp³-hybridized carbons (Fsp3) is 0.286. The summed E-state index contributed by atoms with van der Waals surface area (Å²) in [5, 5.41) is 0. The molecule has 6 nitrogen and oxygen atoms in total. The summed E-state index contributed by atoms with van der Waals surface area (Å²) in [5.74, 6) is -3.71. The predicted molar refractivity (Wildman–Crippen MR) is 67.9 cm³/mol. The number of fused-ring (bicyclic) bond motifs is 1. The van der Waals surface area contributed by atoms with Gasteiger partial charge in [0.1, 0.15) is 5.82 Å². The summed E-state index contributed by atoms with van der Waals surface area (Å²) in [6, 6.07) is 2.18. The van der Waals surface area contributed by atoms with Gasteiger partial charge in [-0.2, -0.15) is 0 Å². The first-order valence-electron chi connectivity index (χ1n) is 6.37. The van der Waals surface area contributed by atoms with Crippen LogP contribution in [0.5, 0.6) is 0 Å². The van der Waals surface area contributed by atoms with E-state index < -0.39 is 35.4 Å². The van der Waals surface area contributed by atoms with Crippen molar-refractivity contribution in [3.05, 3.63) is 35.1 Å². The Balaban J connectivity index is 2.07. The summed E-state index contributed by atoms with van der Waals surface area (Å²) < 4.78 is 13.7. The second kappa shape index (κ2) is 4.47.